The Balaban J connectivity index is 2.00. The molecule has 0 atom stereocenters. The maximum Gasteiger partial charge on any atom is 0.263 e. The second-order valence-corrected chi connectivity index (χ2v) is 6.99. The maximum atomic E-state index is 12.6. The van der Waals surface area contributed by atoms with Crippen LogP contribution in [0.3, 0.4) is 0 Å². The SMILES string of the molecule is CCc1ccccc1S(=O)(=O)Nc1cnc2c(Cl)cccc2n1. The van der Waals surface area contributed by atoms with Gasteiger partial charge >= 0.3 is 0 Å². The first kappa shape index (κ1) is 15.7. The predicted molar refractivity (Wildman–Crippen MR) is 91.2 cm³/mol. The van der Waals surface area contributed by atoms with Gasteiger partial charge in [-0.25, -0.2) is 18.4 Å². The first-order valence-corrected chi connectivity index (χ1v) is 8.89. The Bertz CT molecular complexity index is 974. The Hall–Kier alpha value is -2.18. The number of rotatable bonds is 4. The standard InChI is InChI=1S/C16H14ClN3O2S/c1-2-11-6-3-4-9-14(11)23(21,22)20-15-10-18-16-12(17)7-5-8-13(16)19-15/h3-10H,2H2,1H3,(H,19,20). The van der Waals surface area contributed by atoms with Gasteiger partial charge < -0.3 is 0 Å². The van der Waals surface area contributed by atoms with Crippen molar-refractivity contribution in [3.05, 3.63) is 59.2 Å². The fraction of sp³-hybridized carbons (Fsp3) is 0.125. The molecule has 118 valence electrons. The summed E-state index contributed by atoms with van der Waals surface area (Å²) in [6.07, 6.45) is 1.98. The van der Waals surface area contributed by atoms with Gasteiger partial charge in [-0.15, -0.1) is 0 Å². The zero-order valence-corrected chi connectivity index (χ0v) is 13.9. The van der Waals surface area contributed by atoms with Crippen molar-refractivity contribution in [2.24, 2.45) is 0 Å². The topological polar surface area (TPSA) is 72.0 Å². The molecule has 0 spiro atoms. The molecule has 0 aliphatic carbocycles. The van der Waals surface area contributed by atoms with Crippen molar-refractivity contribution in [3.8, 4) is 0 Å². The van der Waals surface area contributed by atoms with E-state index in [0.29, 0.717) is 22.5 Å². The van der Waals surface area contributed by atoms with Crippen molar-refractivity contribution >= 4 is 38.5 Å². The van der Waals surface area contributed by atoms with Crippen LogP contribution in [-0.4, -0.2) is 18.4 Å². The second kappa shape index (κ2) is 6.14. The maximum absolute atomic E-state index is 12.6. The molecular formula is C16H14ClN3O2S. The Morgan fingerprint density at radius 1 is 1.13 bits per heavy atom. The first-order valence-electron chi connectivity index (χ1n) is 7.03. The molecule has 0 fully saturated rings. The molecule has 3 aromatic rings. The minimum absolute atomic E-state index is 0.158. The predicted octanol–water partition coefficient (Wildman–Crippen LogP) is 3.65. The zero-order chi connectivity index (χ0) is 16.4. The van der Waals surface area contributed by atoms with E-state index < -0.39 is 10.0 Å². The highest BCUT2D eigenvalue weighted by atomic mass is 35.5. The Labute approximate surface area is 139 Å². The molecule has 1 heterocycles. The number of fused-ring (bicyclic) bond motifs is 1. The van der Waals surface area contributed by atoms with Crippen molar-refractivity contribution in [2.45, 2.75) is 18.2 Å². The van der Waals surface area contributed by atoms with Crippen LogP contribution in [0, 0.1) is 0 Å². The van der Waals surface area contributed by atoms with E-state index in [1.165, 1.54) is 6.20 Å². The van der Waals surface area contributed by atoms with Gasteiger partial charge in [0.1, 0.15) is 5.52 Å². The van der Waals surface area contributed by atoms with Crippen LogP contribution in [0.25, 0.3) is 11.0 Å². The van der Waals surface area contributed by atoms with Gasteiger partial charge in [-0.05, 0) is 30.2 Å². The molecule has 0 aliphatic rings. The second-order valence-electron chi connectivity index (χ2n) is 4.93. The number of para-hydroxylation sites is 1. The molecule has 23 heavy (non-hydrogen) atoms. The molecule has 0 saturated carbocycles. The number of aryl methyl sites for hydroxylation is 1. The molecule has 0 bridgehead atoms. The number of anilines is 1. The molecule has 0 unspecified atom stereocenters. The molecule has 2 aromatic carbocycles. The van der Waals surface area contributed by atoms with E-state index in [4.69, 9.17) is 11.6 Å². The average Bonchev–Trinajstić information content (AvgIpc) is 2.54. The first-order chi connectivity index (χ1) is 11.0. The van der Waals surface area contributed by atoms with Crippen molar-refractivity contribution in [2.75, 3.05) is 4.72 Å². The Morgan fingerprint density at radius 3 is 2.70 bits per heavy atom. The minimum Gasteiger partial charge on any atom is -0.262 e. The highest BCUT2D eigenvalue weighted by molar-refractivity contribution is 7.92. The van der Waals surface area contributed by atoms with Crippen LogP contribution in [-0.2, 0) is 16.4 Å². The van der Waals surface area contributed by atoms with Gasteiger partial charge in [0, 0.05) is 0 Å². The quantitative estimate of drug-likeness (QED) is 0.782. The number of benzene rings is 2. The van der Waals surface area contributed by atoms with Crippen LogP contribution in [0.2, 0.25) is 5.02 Å². The number of sulfonamides is 1. The summed E-state index contributed by atoms with van der Waals surface area (Å²) < 4.78 is 27.6. The molecule has 0 saturated heterocycles. The lowest BCUT2D eigenvalue weighted by Crippen LogP contribution is -2.16. The molecule has 1 aromatic heterocycles. The van der Waals surface area contributed by atoms with Crippen molar-refractivity contribution < 1.29 is 8.42 Å². The number of halogens is 1. The molecule has 0 aliphatic heterocycles. The van der Waals surface area contributed by atoms with E-state index in [1.54, 1.807) is 36.4 Å². The summed E-state index contributed by atoms with van der Waals surface area (Å²) in [6, 6.07) is 12.1. The lowest BCUT2D eigenvalue weighted by atomic mass is 10.2. The number of hydrogen-bond acceptors (Lipinski definition) is 4. The van der Waals surface area contributed by atoms with E-state index in [1.807, 2.05) is 13.0 Å². The van der Waals surface area contributed by atoms with Gasteiger partial charge in [-0.2, -0.15) is 0 Å². The summed E-state index contributed by atoms with van der Waals surface area (Å²) in [5, 5.41) is 0.473. The lowest BCUT2D eigenvalue weighted by molar-refractivity contribution is 0.600. The van der Waals surface area contributed by atoms with E-state index in [2.05, 4.69) is 14.7 Å². The summed E-state index contributed by atoms with van der Waals surface area (Å²) >= 11 is 6.04. The molecule has 0 amide bonds. The number of nitrogens with zero attached hydrogens (tertiary/aromatic N) is 2. The van der Waals surface area contributed by atoms with E-state index >= 15 is 0 Å². The normalized spacial score (nSPS) is 11.6. The smallest absolute Gasteiger partial charge is 0.262 e. The van der Waals surface area contributed by atoms with Crippen LogP contribution >= 0.6 is 11.6 Å². The summed E-state index contributed by atoms with van der Waals surface area (Å²) in [5.41, 5.74) is 1.81. The largest absolute Gasteiger partial charge is 0.263 e. The summed E-state index contributed by atoms with van der Waals surface area (Å²) in [5.74, 6) is 0.158. The van der Waals surface area contributed by atoms with Crippen LogP contribution in [0.15, 0.2) is 53.6 Å². The van der Waals surface area contributed by atoms with Crippen molar-refractivity contribution in [3.63, 3.8) is 0 Å². The molecule has 1 N–H and O–H groups in total. The van der Waals surface area contributed by atoms with Crippen LogP contribution < -0.4 is 4.72 Å². The number of hydrogen-bond donors (Lipinski definition) is 1. The van der Waals surface area contributed by atoms with Crippen LogP contribution in [0.4, 0.5) is 5.82 Å². The highest BCUT2D eigenvalue weighted by Crippen LogP contribution is 2.23. The van der Waals surface area contributed by atoms with E-state index in [-0.39, 0.29) is 10.7 Å². The third-order valence-electron chi connectivity index (χ3n) is 3.40. The number of nitrogens with one attached hydrogen (secondary N) is 1. The molecule has 5 nitrogen and oxygen atoms in total. The molecule has 0 radical (unpaired) electrons. The van der Waals surface area contributed by atoms with Gasteiger partial charge in [-0.1, -0.05) is 42.8 Å². The molecule has 7 heteroatoms. The highest BCUT2D eigenvalue weighted by Gasteiger charge is 2.18. The van der Waals surface area contributed by atoms with Gasteiger partial charge in [0.25, 0.3) is 10.0 Å². The zero-order valence-electron chi connectivity index (χ0n) is 12.3. The average molecular weight is 348 g/mol. The van der Waals surface area contributed by atoms with E-state index in [0.717, 1.165) is 5.56 Å². The summed E-state index contributed by atoms with van der Waals surface area (Å²) in [7, 11) is -3.72. The van der Waals surface area contributed by atoms with Gasteiger partial charge in [-0.3, -0.25) is 4.72 Å². The lowest BCUT2D eigenvalue weighted by Gasteiger charge is -2.11. The van der Waals surface area contributed by atoms with Crippen molar-refractivity contribution in [1.82, 2.24) is 9.97 Å². The fourth-order valence-electron chi connectivity index (χ4n) is 2.31. The van der Waals surface area contributed by atoms with E-state index in [9.17, 15) is 8.42 Å². The Kier molecular flexibility index (Phi) is 4.19. The summed E-state index contributed by atoms with van der Waals surface area (Å²) in [6.45, 7) is 1.91. The van der Waals surface area contributed by atoms with Gasteiger partial charge in [0.15, 0.2) is 5.82 Å². The van der Waals surface area contributed by atoms with Crippen LogP contribution in [0.5, 0.6) is 0 Å². The van der Waals surface area contributed by atoms with Gasteiger partial charge in [0.05, 0.1) is 21.6 Å². The fourth-order valence-corrected chi connectivity index (χ4v) is 3.82. The van der Waals surface area contributed by atoms with Crippen LogP contribution in [0.1, 0.15) is 12.5 Å². The molecular weight excluding hydrogens is 334 g/mol. The van der Waals surface area contributed by atoms with Gasteiger partial charge in [0.2, 0.25) is 0 Å². The minimum atomic E-state index is -3.72. The molecule has 3 rings (SSSR count). The monoisotopic (exact) mass is 347 g/mol. The third-order valence-corrected chi connectivity index (χ3v) is 5.16. The summed E-state index contributed by atoms with van der Waals surface area (Å²) in [4.78, 5) is 8.69. The number of aromatic nitrogens is 2. The van der Waals surface area contributed by atoms with Crippen molar-refractivity contribution in [1.29, 1.82) is 0 Å². The third kappa shape index (κ3) is 3.13. The Morgan fingerprint density at radius 2 is 1.91 bits per heavy atom.